The summed E-state index contributed by atoms with van der Waals surface area (Å²) >= 11 is 0. The Labute approximate surface area is 200 Å². The molecule has 0 radical (unpaired) electrons. The zero-order valence-electron chi connectivity index (χ0n) is 20.4. The first kappa shape index (κ1) is 22.5. The second-order valence-electron chi connectivity index (χ2n) is 9.80. The van der Waals surface area contributed by atoms with Crippen LogP contribution in [0.4, 0.5) is 0 Å². The average Bonchev–Trinajstić information content (AvgIpc) is 3.34. The fraction of sp³-hybridized carbons (Fsp3) is 0.407. The summed E-state index contributed by atoms with van der Waals surface area (Å²) in [5.41, 5.74) is 11.7. The number of imidazole rings is 1. The van der Waals surface area contributed by atoms with Crippen LogP contribution in [0, 0.1) is 12.8 Å². The second kappa shape index (κ2) is 8.80. The highest BCUT2D eigenvalue weighted by atomic mass is 16.5. The molecule has 34 heavy (non-hydrogen) atoms. The van der Waals surface area contributed by atoms with Crippen LogP contribution in [0.25, 0.3) is 27.9 Å². The Morgan fingerprint density at radius 2 is 2.06 bits per heavy atom. The van der Waals surface area contributed by atoms with Crippen LogP contribution in [0.2, 0.25) is 0 Å². The lowest BCUT2D eigenvalue weighted by atomic mass is 10.1. The van der Waals surface area contributed by atoms with E-state index in [0.29, 0.717) is 18.0 Å². The summed E-state index contributed by atoms with van der Waals surface area (Å²) in [5, 5.41) is 1.16. The molecule has 1 aromatic carbocycles. The molecular weight excluding hydrogens is 426 g/mol. The highest BCUT2D eigenvalue weighted by Crippen LogP contribution is 2.33. The number of methoxy groups -OCH3 is 1. The minimum absolute atomic E-state index is 0.0286. The maximum absolute atomic E-state index is 13.1. The van der Waals surface area contributed by atoms with Crippen molar-refractivity contribution in [1.29, 1.82) is 0 Å². The molecule has 7 nitrogen and oxygen atoms in total. The largest absolute Gasteiger partial charge is 0.497 e. The number of nitrogens with zero attached hydrogens (tertiary/aromatic N) is 4. The Morgan fingerprint density at radius 1 is 1.24 bits per heavy atom. The number of hydrogen-bond acceptors (Lipinski definition) is 4. The van der Waals surface area contributed by atoms with Crippen LogP contribution in [-0.4, -0.2) is 51.0 Å². The van der Waals surface area contributed by atoms with Crippen molar-refractivity contribution in [3.63, 3.8) is 0 Å². The molecule has 4 heterocycles. The molecule has 0 spiro atoms. The van der Waals surface area contributed by atoms with Gasteiger partial charge in [-0.1, -0.05) is 13.8 Å². The second-order valence-corrected chi connectivity index (χ2v) is 9.80. The summed E-state index contributed by atoms with van der Waals surface area (Å²) in [6.45, 7) is 8.76. The molecular formula is C27H33N5O2. The summed E-state index contributed by atoms with van der Waals surface area (Å²) in [7, 11) is 1.69. The molecule has 7 heteroatoms. The normalized spacial score (nSPS) is 16.6. The Balaban J connectivity index is 1.59. The van der Waals surface area contributed by atoms with E-state index in [1.807, 2.05) is 29.3 Å². The fourth-order valence-corrected chi connectivity index (χ4v) is 5.04. The number of fused-ring (bicyclic) bond motifs is 2. The molecule has 1 fully saturated rings. The number of benzene rings is 1. The van der Waals surface area contributed by atoms with Gasteiger partial charge in [0.05, 0.1) is 18.3 Å². The standard InChI is InChI=1S/C27H33N5O2/c1-17(2)15-32-23-14-22(34-4)8-7-19(23)12-24(32)26-18(3)31-11-9-20(13-25(31)29-26)27(33)30-10-5-6-21(28)16-30/h7-9,11-14,17,21H,5-6,10,15-16,28H2,1-4H3. The number of hydrogen-bond donors (Lipinski definition) is 1. The number of rotatable bonds is 5. The zero-order valence-corrected chi connectivity index (χ0v) is 20.4. The highest BCUT2D eigenvalue weighted by Gasteiger charge is 2.24. The van der Waals surface area contributed by atoms with E-state index in [0.717, 1.165) is 65.3 Å². The van der Waals surface area contributed by atoms with Gasteiger partial charge in [0.1, 0.15) is 17.1 Å². The molecule has 1 atom stereocenters. The molecule has 0 bridgehead atoms. The third-order valence-corrected chi connectivity index (χ3v) is 6.76. The number of piperidine rings is 1. The van der Waals surface area contributed by atoms with E-state index in [1.165, 1.54) is 0 Å². The summed E-state index contributed by atoms with van der Waals surface area (Å²) in [5.74, 6) is 1.34. The lowest BCUT2D eigenvalue weighted by Crippen LogP contribution is -2.45. The lowest BCUT2D eigenvalue weighted by Gasteiger charge is -2.30. The molecule has 1 aliphatic heterocycles. The van der Waals surface area contributed by atoms with E-state index in [4.69, 9.17) is 15.5 Å². The third kappa shape index (κ3) is 3.94. The van der Waals surface area contributed by atoms with E-state index >= 15 is 0 Å². The van der Waals surface area contributed by atoms with Crippen LogP contribution >= 0.6 is 0 Å². The predicted molar refractivity (Wildman–Crippen MR) is 135 cm³/mol. The molecule has 1 amide bonds. The maximum Gasteiger partial charge on any atom is 0.254 e. The number of amides is 1. The summed E-state index contributed by atoms with van der Waals surface area (Å²) in [6.07, 6.45) is 3.88. The first-order valence-corrected chi connectivity index (χ1v) is 12.1. The molecule has 3 aromatic heterocycles. The van der Waals surface area contributed by atoms with Crippen molar-refractivity contribution in [2.24, 2.45) is 11.7 Å². The van der Waals surface area contributed by atoms with Gasteiger partial charge in [0.2, 0.25) is 0 Å². The Bertz CT molecular complexity index is 1370. The summed E-state index contributed by atoms with van der Waals surface area (Å²) in [6, 6.07) is 12.2. The van der Waals surface area contributed by atoms with Gasteiger partial charge in [-0.15, -0.1) is 0 Å². The molecule has 0 saturated carbocycles. The molecule has 2 N–H and O–H groups in total. The van der Waals surface area contributed by atoms with E-state index < -0.39 is 0 Å². The third-order valence-electron chi connectivity index (χ3n) is 6.76. The minimum atomic E-state index is 0.0286. The Kier molecular flexibility index (Phi) is 5.81. The average molecular weight is 460 g/mol. The number of ether oxygens (including phenoxy) is 1. The SMILES string of the molecule is COc1ccc2cc(-c3nc4cc(C(=O)N5CCCC(N)C5)ccn4c3C)n(CC(C)C)c2c1. The van der Waals surface area contributed by atoms with Crippen molar-refractivity contribution in [1.82, 2.24) is 18.9 Å². The van der Waals surface area contributed by atoms with Gasteiger partial charge in [-0.2, -0.15) is 0 Å². The van der Waals surface area contributed by atoms with E-state index in [-0.39, 0.29) is 11.9 Å². The highest BCUT2D eigenvalue weighted by molar-refractivity contribution is 5.95. The van der Waals surface area contributed by atoms with Crippen LogP contribution in [0.3, 0.4) is 0 Å². The number of pyridine rings is 1. The number of carbonyl (C=O) groups excluding carboxylic acids is 1. The number of nitrogens with two attached hydrogens (primary N) is 1. The number of carbonyl (C=O) groups is 1. The molecule has 1 unspecified atom stereocenters. The van der Waals surface area contributed by atoms with Crippen LogP contribution in [-0.2, 0) is 6.54 Å². The van der Waals surface area contributed by atoms with Crippen molar-refractivity contribution in [3.05, 3.63) is 53.9 Å². The summed E-state index contributed by atoms with van der Waals surface area (Å²) < 4.78 is 9.88. The van der Waals surface area contributed by atoms with Crippen molar-refractivity contribution in [2.45, 2.75) is 46.2 Å². The molecule has 4 aromatic rings. The lowest BCUT2D eigenvalue weighted by molar-refractivity contribution is 0.0709. The van der Waals surface area contributed by atoms with E-state index in [9.17, 15) is 4.79 Å². The number of aryl methyl sites for hydroxylation is 1. The van der Waals surface area contributed by atoms with Gasteiger partial charge in [-0.3, -0.25) is 4.79 Å². The van der Waals surface area contributed by atoms with Gasteiger partial charge in [0, 0.05) is 54.6 Å². The summed E-state index contributed by atoms with van der Waals surface area (Å²) in [4.78, 5) is 20.0. The van der Waals surface area contributed by atoms with Crippen molar-refractivity contribution in [3.8, 4) is 17.1 Å². The minimum Gasteiger partial charge on any atom is -0.497 e. The molecule has 0 aliphatic carbocycles. The molecule has 1 saturated heterocycles. The van der Waals surface area contributed by atoms with Crippen molar-refractivity contribution in [2.75, 3.05) is 20.2 Å². The van der Waals surface area contributed by atoms with E-state index in [1.54, 1.807) is 7.11 Å². The molecule has 5 rings (SSSR count). The fourth-order valence-electron chi connectivity index (χ4n) is 5.04. The van der Waals surface area contributed by atoms with Gasteiger partial charge in [-0.25, -0.2) is 4.98 Å². The van der Waals surface area contributed by atoms with Gasteiger partial charge >= 0.3 is 0 Å². The first-order chi connectivity index (χ1) is 16.4. The zero-order chi connectivity index (χ0) is 24.0. The first-order valence-electron chi connectivity index (χ1n) is 12.1. The van der Waals surface area contributed by atoms with Gasteiger partial charge in [0.15, 0.2) is 0 Å². The van der Waals surface area contributed by atoms with Crippen LogP contribution in [0.15, 0.2) is 42.6 Å². The van der Waals surface area contributed by atoms with Crippen molar-refractivity contribution < 1.29 is 9.53 Å². The quantitative estimate of drug-likeness (QED) is 0.477. The maximum atomic E-state index is 13.1. The van der Waals surface area contributed by atoms with Crippen LogP contribution in [0.1, 0.15) is 42.7 Å². The monoisotopic (exact) mass is 459 g/mol. The van der Waals surface area contributed by atoms with Gasteiger partial charge < -0.3 is 24.3 Å². The predicted octanol–water partition coefficient (Wildman–Crippen LogP) is 4.49. The van der Waals surface area contributed by atoms with Crippen LogP contribution in [0.5, 0.6) is 5.75 Å². The number of aromatic nitrogens is 3. The van der Waals surface area contributed by atoms with Crippen molar-refractivity contribution >= 4 is 22.5 Å². The van der Waals surface area contributed by atoms with E-state index in [2.05, 4.69) is 47.9 Å². The van der Waals surface area contributed by atoms with Gasteiger partial charge in [0.25, 0.3) is 5.91 Å². The molecule has 1 aliphatic rings. The topological polar surface area (TPSA) is 77.8 Å². The number of likely N-dealkylation sites (tertiary alicyclic amines) is 1. The van der Waals surface area contributed by atoms with Gasteiger partial charge in [-0.05, 0) is 56.0 Å². The Morgan fingerprint density at radius 3 is 2.79 bits per heavy atom. The molecule has 178 valence electrons. The Hall–Kier alpha value is -3.32. The smallest absolute Gasteiger partial charge is 0.254 e. The van der Waals surface area contributed by atoms with Crippen LogP contribution < -0.4 is 10.5 Å².